The Kier molecular flexibility index (Phi) is 6.93. The Labute approximate surface area is 208 Å². The molecule has 0 unspecified atom stereocenters. The average molecular weight is 489 g/mol. The average Bonchev–Trinajstić information content (AvgIpc) is 3.30. The van der Waals surface area contributed by atoms with E-state index in [2.05, 4.69) is 22.1 Å². The van der Waals surface area contributed by atoms with Gasteiger partial charge >= 0.3 is 0 Å². The molecule has 0 radical (unpaired) electrons. The van der Waals surface area contributed by atoms with Gasteiger partial charge in [0.1, 0.15) is 23.8 Å². The minimum Gasteiger partial charge on any atom is -0.471 e. The van der Waals surface area contributed by atoms with E-state index in [0.29, 0.717) is 42.9 Å². The molecule has 0 aliphatic carbocycles. The third-order valence-electron chi connectivity index (χ3n) is 6.14. The molecule has 3 aromatic carbocycles. The summed E-state index contributed by atoms with van der Waals surface area (Å²) in [5.41, 5.74) is 2.80. The van der Waals surface area contributed by atoms with Gasteiger partial charge in [-0.2, -0.15) is 0 Å². The second-order valence-electron chi connectivity index (χ2n) is 8.71. The van der Waals surface area contributed by atoms with E-state index in [1.165, 1.54) is 24.3 Å². The summed E-state index contributed by atoms with van der Waals surface area (Å²) in [6.07, 6.45) is 1.64. The van der Waals surface area contributed by atoms with E-state index >= 15 is 0 Å². The molecule has 1 amide bonds. The van der Waals surface area contributed by atoms with Crippen LogP contribution in [-0.2, 0) is 13.2 Å². The molecule has 6 nitrogen and oxygen atoms in total. The minimum atomic E-state index is -0.361. The fourth-order valence-corrected chi connectivity index (χ4v) is 4.32. The van der Waals surface area contributed by atoms with E-state index in [1.54, 1.807) is 40.0 Å². The van der Waals surface area contributed by atoms with Crippen LogP contribution >= 0.6 is 0 Å². The van der Waals surface area contributed by atoms with Crippen LogP contribution in [0.15, 0.2) is 85.1 Å². The zero-order chi connectivity index (χ0) is 24.9. The standard InChI is InChI=1S/C28H26F2N4O2/c29-23-8-4-6-21(16-23)18-34-19-26(27(31-34)36-20-22-7-5-9-24(30)17-22)28(35)33-14-12-32(13-15-33)25-10-2-1-3-11-25/h1-11,16-17,19H,12-15,18,20H2. The van der Waals surface area contributed by atoms with Crippen LogP contribution in [0.2, 0.25) is 0 Å². The third kappa shape index (κ3) is 5.54. The van der Waals surface area contributed by atoms with Gasteiger partial charge in [0.2, 0.25) is 5.88 Å². The maximum Gasteiger partial charge on any atom is 0.261 e. The Bertz CT molecular complexity index is 1330. The normalized spacial score (nSPS) is 13.6. The number of para-hydroxylation sites is 1. The van der Waals surface area contributed by atoms with E-state index in [1.807, 2.05) is 18.2 Å². The Morgan fingerprint density at radius 3 is 2.19 bits per heavy atom. The Balaban J connectivity index is 1.34. The number of hydrogen-bond acceptors (Lipinski definition) is 4. The molecule has 5 rings (SSSR count). The van der Waals surface area contributed by atoms with E-state index in [9.17, 15) is 13.6 Å². The number of rotatable bonds is 7. The largest absolute Gasteiger partial charge is 0.471 e. The molecule has 1 aliphatic rings. The van der Waals surface area contributed by atoms with Crippen molar-refractivity contribution >= 4 is 11.6 Å². The van der Waals surface area contributed by atoms with Gasteiger partial charge in [0, 0.05) is 38.1 Å². The molecule has 36 heavy (non-hydrogen) atoms. The van der Waals surface area contributed by atoms with Crippen LogP contribution in [0.4, 0.5) is 14.5 Å². The number of aromatic nitrogens is 2. The lowest BCUT2D eigenvalue weighted by Gasteiger charge is -2.36. The molecular formula is C28H26F2N4O2. The molecule has 1 aromatic heterocycles. The van der Waals surface area contributed by atoms with Crippen molar-refractivity contribution < 1.29 is 18.3 Å². The van der Waals surface area contributed by atoms with Crippen LogP contribution in [0, 0.1) is 11.6 Å². The molecule has 2 heterocycles. The van der Waals surface area contributed by atoms with Crippen LogP contribution in [0.5, 0.6) is 5.88 Å². The Morgan fingerprint density at radius 2 is 1.50 bits per heavy atom. The number of amides is 1. The number of piperazine rings is 1. The van der Waals surface area contributed by atoms with Gasteiger partial charge in [-0.1, -0.05) is 42.5 Å². The number of ether oxygens (including phenoxy) is 1. The molecular weight excluding hydrogens is 462 g/mol. The van der Waals surface area contributed by atoms with Gasteiger partial charge in [-0.25, -0.2) is 8.78 Å². The van der Waals surface area contributed by atoms with E-state index < -0.39 is 0 Å². The highest BCUT2D eigenvalue weighted by Gasteiger charge is 2.27. The molecule has 1 fully saturated rings. The zero-order valence-corrected chi connectivity index (χ0v) is 19.7. The van der Waals surface area contributed by atoms with E-state index in [-0.39, 0.29) is 36.6 Å². The maximum atomic E-state index is 13.7. The molecule has 0 spiro atoms. The van der Waals surface area contributed by atoms with Gasteiger partial charge in [-0.3, -0.25) is 9.48 Å². The minimum absolute atomic E-state index is 0.0663. The summed E-state index contributed by atoms with van der Waals surface area (Å²) in [4.78, 5) is 17.5. The van der Waals surface area contributed by atoms with E-state index in [0.717, 1.165) is 5.69 Å². The van der Waals surface area contributed by atoms with Gasteiger partial charge in [0.15, 0.2) is 0 Å². The quantitative estimate of drug-likeness (QED) is 0.377. The lowest BCUT2D eigenvalue weighted by molar-refractivity contribution is 0.0741. The summed E-state index contributed by atoms with van der Waals surface area (Å²) >= 11 is 0. The highest BCUT2D eigenvalue weighted by Crippen LogP contribution is 2.23. The van der Waals surface area contributed by atoms with Crippen molar-refractivity contribution in [1.82, 2.24) is 14.7 Å². The van der Waals surface area contributed by atoms with Gasteiger partial charge in [-0.05, 0) is 47.5 Å². The number of carbonyl (C=O) groups excluding carboxylic acids is 1. The maximum absolute atomic E-state index is 13.7. The van der Waals surface area contributed by atoms with Crippen LogP contribution in [0.3, 0.4) is 0 Å². The van der Waals surface area contributed by atoms with Crippen molar-refractivity contribution in [1.29, 1.82) is 0 Å². The van der Waals surface area contributed by atoms with Crippen molar-refractivity contribution in [3.05, 3.63) is 113 Å². The summed E-state index contributed by atoms with van der Waals surface area (Å²) in [6.45, 7) is 2.90. The number of benzene rings is 3. The molecule has 8 heteroatoms. The van der Waals surface area contributed by atoms with Crippen LogP contribution in [0.1, 0.15) is 21.5 Å². The molecule has 1 saturated heterocycles. The van der Waals surface area contributed by atoms with Gasteiger partial charge in [0.05, 0.1) is 6.54 Å². The second-order valence-corrected chi connectivity index (χ2v) is 8.71. The van der Waals surface area contributed by atoms with Gasteiger partial charge in [0.25, 0.3) is 5.91 Å². The van der Waals surface area contributed by atoms with Crippen LogP contribution in [0.25, 0.3) is 0 Å². The summed E-state index contributed by atoms with van der Waals surface area (Å²) in [5.74, 6) is -0.705. The van der Waals surface area contributed by atoms with Crippen molar-refractivity contribution in [3.63, 3.8) is 0 Å². The number of halogens is 2. The monoisotopic (exact) mass is 488 g/mol. The van der Waals surface area contributed by atoms with Crippen molar-refractivity contribution in [2.75, 3.05) is 31.1 Å². The fraction of sp³-hybridized carbons (Fsp3) is 0.214. The van der Waals surface area contributed by atoms with Crippen molar-refractivity contribution in [3.8, 4) is 5.88 Å². The first-order valence-electron chi connectivity index (χ1n) is 11.8. The number of nitrogens with zero attached hydrogens (tertiary/aromatic N) is 4. The second kappa shape index (κ2) is 10.6. The van der Waals surface area contributed by atoms with E-state index in [4.69, 9.17) is 4.74 Å². The highest BCUT2D eigenvalue weighted by molar-refractivity contribution is 5.96. The number of anilines is 1. The first kappa shape index (κ1) is 23.5. The Morgan fingerprint density at radius 1 is 0.833 bits per heavy atom. The smallest absolute Gasteiger partial charge is 0.261 e. The predicted octanol–water partition coefficient (Wildman–Crippen LogP) is 4.75. The molecule has 184 valence electrons. The van der Waals surface area contributed by atoms with Crippen LogP contribution in [-0.4, -0.2) is 46.8 Å². The lowest BCUT2D eigenvalue weighted by Crippen LogP contribution is -2.48. The summed E-state index contributed by atoms with van der Waals surface area (Å²) < 4.78 is 34.7. The third-order valence-corrected chi connectivity index (χ3v) is 6.14. The summed E-state index contributed by atoms with van der Waals surface area (Å²) in [5, 5.41) is 4.47. The van der Waals surface area contributed by atoms with Gasteiger partial charge < -0.3 is 14.5 Å². The summed E-state index contributed by atoms with van der Waals surface area (Å²) in [6, 6.07) is 22.4. The molecule has 0 saturated carbocycles. The SMILES string of the molecule is O=C(c1cn(Cc2cccc(F)c2)nc1OCc1cccc(F)c1)N1CCN(c2ccccc2)CC1. The fourth-order valence-electron chi connectivity index (χ4n) is 4.32. The summed E-state index contributed by atoms with van der Waals surface area (Å²) in [7, 11) is 0. The molecule has 0 N–H and O–H groups in total. The lowest BCUT2D eigenvalue weighted by atomic mass is 10.2. The Hall–Kier alpha value is -4.20. The molecule has 1 aliphatic heterocycles. The number of carbonyl (C=O) groups is 1. The predicted molar refractivity (Wildman–Crippen MR) is 133 cm³/mol. The zero-order valence-electron chi connectivity index (χ0n) is 19.7. The first-order valence-corrected chi connectivity index (χ1v) is 11.8. The molecule has 0 atom stereocenters. The first-order chi connectivity index (χ1) is 17.5. The van der Waals surface area contributed by atoms with Gasteiger partial charge in [-0.15, -0.1) is 5.10 Å². The molecule has 0 bridgehead atoms. The van der Waals surface area contributed by atoms with Crippen molar-refractivity contribution in [2.45, 2.75) is 13.2 Å². The van der Waals surface area contributed by atoms with Crippen LogP contribution < -0.4 is 9.64 Å². The molecule has 4 aromatic rings. The topological polar surface area (TPSA) is 50.6 Å². The highest BCUT2D eigenvalue weighted by atomic mass is 19.1. The van der Waals surface area contributed by atoms with Crippen molar-refractivity contribution in [2.24, 2.45) is 0 Å². The number of hydrogen-bond donors (Lipinski definition) is 0.